The van der Waals surface area contributed by atoms with Gasteiger partial charge in [-0.25, -0.2) is 4.98 Å². The second-order valence-electron chi connectivity index (χ2n) is 5.15. The first-order chi connectivity index (χ1) is 12.3. The predicted molar refractivity (Wildman–Crippen MR) is 104 cm³/mol. The van der Waals surface area contributed by atoms with E-state index < -0.39 is 0 Å². The number of nitrogens with one attached hydrogen (secondary N) is 1. The Morgan fingerprint density at radius 3 is 2.44 bits per heavy atom. The van der Waals surface area contributed by atoms with E-state index >= 15 is 0 Å². The van der Waals surface area contributed by atoms with E-state index in [1.54, 1.807) is 17.8 Å². The van der Waals surface area contributed by atoms with Crippen LogP contribution in [0.5, 0.6) is 5.75 Å². The standard InChI is InChI=1S/C19H18N2O2S2/c22-18-13-15(14-25-17-9-5-2-6-10-17)20-19(21-18)24-12-11-23-16-7-3-1-4-8-16/h1-10,13H,11-12,14H2,(H,20,21,22). The molecule has 0 amide bonds. The molecule has 3 aromatic rings. The first-order valence-corrected chi connectivity index (χ1v) is 9.85. The monoisotopic (exact) mass is 370 g/mol. The Kier molecular flexibility index (Phi) is 6.59. The quantitative estimate of drug-likeness (QED) is 0.365. The van der Waals surface area contributed by atoms with Crippen molar-refractivity contribution in [3.8, 4) is 5.75 Å². The Morgan fingerprint density at radius 1 is 0.960 bits per heavy atom. The van der Waals surface area contributed by atoms with Crippen LogP contribution >= 0.6 is 23.5 Å². The molecular weight excluding hydrogens is 352 g/mol. The third-order valence-electron chi connectivity index (χ3n) is 3.24. The summed E-state index contributed by atoms with van der Waals surface area (Å²) in [5.74, 6) is 2.23. The molecule has 1 aromatic heterocycles. The van der Waals surface area contributed by atoms with Crippen LogP contribution in [0.15, 0.2) is 81.6 Å². The number of rotatable bonds is 8. The summed E-state index contributed by atoms with van der Waals surface area (Å²) in [6.45, 7) is 0.557. The van der Waals surface area contributed by atoms with Gasteiger partial charge in [-0.05, 0) is 24.3 Å². The molecule has 0 spiro atoms. The average molecular weight is 370 g/mol. The zero-order valence-corrected chi connectivity index (χ0v) is 15.2. The van der Waals surface area contributed by atoms with Crippen molar-refractivity contribution in [2.45, 2.75) is 15.8 Å². The van der Waals surface area contributed by atoms with Gasteiger partial charge >= 0.3 is 0 Å². The van der Waals surface area contributed by atoms with Gasteiger partial charge in [-0.3, -0.25) is 4.79 Å². The lowest BCUT2D eigenvalue weighted by molar-refractivity contribution is 0.344. The maximum absolute atomic E-state index is 11.8. The molecule has 2 aromatic carbocycles. The molecule has 0 saturated heterocycles. The highest BCUT2D eigenvalue weighted by Gasteiger charge is 2.04. The van der Waals surface area contributed by atoms with Gasteiger partial charge in [-0.2, -0.15) is 0 Å². The molecule has 0 fully saturated rings. The fourth-order valence-corrected chi connectivity index (χ4v) is 3.64. The van der Waals surface area contributed by atoms with Crippen molar-refractivity contribution >= 4 is 23.5 Å². The number of para-hydroxylation sites is 1. The molecule has 0 aliphatic heterocycles. The van der Waals surface area contributed by atoms with Crippen LogP contribution < -0.4 is 10.3 Å². The number of aromatic amines is 1. The van der Waals surface area contributed by atoms with Crippen LogP contribution in [-0.2, 0) is 5.75 Å². The third kappa shape index (κ3) is 5.99. The number of hydrogen-bond acceptors (Lipinski definition) is 5. The fourth-order valence-electron chi connectivity index (χ4n) is 2.11. The molecule has 1 N–H and O–H groups in total. The van der Waals surface area contributed by atoms with E-state index in [0.717, 1.165) is 16.3 Å². The van der Waals surface area contributed by atoms with Gasteiger partial charge in [0.1, 0.15) is 5.75 Å². The fraction of sp³-hybridized carbons (Fsp3) is 0.158. The lowest BCUT2D eigenvalue weighted by Gasteiger charge is -2.06. The Bertz CT molecular complexity index is 839. The first-order valence-electron chi connectivity index (χ1n) is 7.88. The lowest BCUT2D eigenvalue weighted by Crippen LogP contribution is -2.10. The summed E-state index contributed by atoms with van der Waals surface area (Å²) in [5.41, 5.74) is 0.661. The normalized spacial score (nSPS) is 10.6. The highest BCUT2D eigenvalue weighted by molar-refractivity contribution is 7.99. The Balaban J connectivity index is 1.51. The summed E-state index contributed by atoms with van der Waals surface area (Å²) >= 11 is 3.16. The van der Waals surface area contributed by atoms with Gasteiger partial charge in [0.05, 0.1) is 12.3 Å². The molecule has 3 rings (SSSR count). The van der Waals surface area contributed by atoms with Gasteiger partial charge in [0.2, 0.25) is 0 Å². The van der Waals surface area contributed by atoms with E-state index in [4.69, 9.17) is 4.74 Å². The number of benzene rings is 2. The van der Waals surface area contributed by atoms with Crippen LogP contribution in [0.1, 0.15) is 5.69 Å². The molecule has 6 heteroatoms. The first kappa shape index (κ1) is 17.6. The van der Waals surface area contributed by atoms with Gasteiger partial charge in [-0.1, -0.05) is 48.2 Å². The van der Waals surface area contributed by atoms with Crippen LogP contribution in [0.4, 0.5) is 0 Å². The van der Waals surface area contributed by atoms with Crippen molar-refractivity contribution in [2.75, 3.05) is 12.4 Å². The zero-order valence-electron chi connectivity index (χ0n) is 13.6. The van der Waals surface area contributed by atoms with Crippen LogP contribution in [-0.4, -0.2) is 22.3 Å². The molecule has 1 heterocycles. The summed E-state index contributed by atoms with van der Waals surface area (Å²) in [6, 6.07) is 21.3. The highest BCUT2D eigenvalue weighted by atomic mass is 32.2. The van der Waals surface area contributed by atoms with E-state index in [2.05, 4.69) is 22.1 Å². The van der Waals surface area contributed by atoms with E-state index in [9.17, 15) is 4.79 Å². The van der Waals surface area contributed by atoms with Gasteiger partial charge in [0.15, 0.2) is 5.16 Å². The largest absolute Gasteiger partial charge is 0.493 e. The maximum atomic E-state index is 11.8. The molecule has 0 unspecified atom stereocenters. The minimum Gasteiger partial charge on any atom is -0.493 e. The van der Waals surface area contributed by atoms with Gasteiger partial charge < -0.3 is 9.72 Å². The summed E-state index contributed by atoms with van der Waals surface area (Å²) in [4.78, 5) is 20.3. The Hall–Kier alpha value is -2.18. The van der Waals surface area contributed by atoms with Crippen molar-refractivity contribution in [3.05, 3.63) is 82.8 Å². The molecule has 128 valence electrons. The second kappa shape index (κ2) is 9.34. The van der Waals surface area contributed by atoms with Crippen molar-refractivity contribution in [1.82, 2.24) is 9.97 Å². The van der Waals surface area contributed by atoms with Gasteiger partial charge in [0, 0.05) is 22.5 Å². The lowest BCUT2D eigenvalue weighted by atomic mass is 10.3. The van der Waals surface area contributed by atoms with Crippen LogP contribution in [0.2, 0.25) is 0 Å². The number of H-pyrrole nitrogens is 1. The topological polar surface area (TPSA) is 55.0 Å². The Morgan fingerprint density at radius 2 is 1.68 bits per heavy atom. The predicted octanol–water partition coefficient (Wildman–Crippen LogP) is 4.23. The van der Waals surface area contributed by atoms with Crippen LogP contribution in [0.25, 0.3) is 0 Å². The van der Waals surface area contributed by atoms with E-state index in [1.165, 1.54) is 11.8 Å². The van der Waals surface area contributed by atoms with Crippen molar-refractivity contribution < 1.29 is 4.74 Å². The van der Waals surface area contributed by atoms with Crippen molar-refractivity contribution in [1.29, 1.82) is 0 Å². The number of aromatic nitrogens is 2. The average Bonchev–Trinajstić information content (AvgIpc) is 2.65. The number of nitrogens with zero attached hydrogens (tertiary/aromatic N) is 1. The number of hydrogen-bond donors (Lipinski definition) is 1. The molecule has 0 radical (unpaired) electrons. The van der Waals surface area contributed by atoms with Crippen LogP contribution in [0.3, 0.4) is 0 Å². The molecule has 0 atom stereocenters. The SMILES string of the molecule is O=c1cc(CSc2ccccc2)nc(SCCOc2ccccc2)[nH]1. The molecule has 0 aliphatic rings. The summed E-state index contributed by atoms with van der Waals surface area (Å²) in [5, 5.41) is 0.632. The molecule has 25 heavy (non-hydrogen) atoms. The van der Waals surface area contributed by atoms with Crippen molar-refractivity contribution in [3.63, 3.8) is 0 Å². The van der Waals surface area contributed by atoms with Crippen LogP contribution in [0, 0.1) is 0 Å². The summed E-state index contributed by atoms with van der Waals surface area (Å²) in [6.07, 6.45) is 0. The molecule has 4 nitrogen and oxygen atoms in total. The minimum atomic E-state index is -0.120. The number of ether oxygens (including phenoxy) is 1. The molecular formula is C19H18N2O2S2. The molecule has 0 bridgehead atoms. The van der Waals surface area contributed by atoms with E-state index in [0.29, 0.717) is 23.3 Å². The summed E-state index contributed by atoms with van der Waals surface area (Å²) < 4.78 is 5.65. The van der Waals surface area contributed by atoms with E-state index in [1.807, 2.05) is 48.5 Å². The van der Waals surface area contributed by atoms with Crippen molar-refractivity contribution in [2.24, 2.45) is 0 Å². The third-order valence-corrected chi connectivity index (χ3v) is 5.12. The number of thioether (sulfide) groups is 2. The summed E-state index contributed by atoms with van der Waals surface area (Å²) in [7, 11) is 0. The highest BCUT2D eigenvalue weighted by Crippen LogP contribution is 2.21. The Labute approximate surface area is 155 Å². The maximum Gasteiger partial charge on any atom is 0.251 e. The van der Waals surface area contributed by atoms with E-state index in [-0.39, 0.29) is 5.56 Å². The second-order valence-corrected chi connectivity index (χ2v) is 7.29. The van der Waals surface area contributed by atoms with Gasteiger partial charge in [-0.15, -0.1) is 11.8 Å². The minimum absolute atomic E-state index is 0.120. The van der Waals surface area contributed by atoms with Gasteiger partial charge in [0.25, 0.3) is 5.56 Å². The smallest absolute Gasteiger partial charge is 0.251 e. The molecule has 0 saturated carbocycles. The zero-order chi connectivity index (χ0) is 17.3. The molecule has 0 aliphatic carbocycles.